The third-order valence-electron chi connectivity index (χ3n) is 5.46. The van der Waals surface area contributed by atoms with Crippen LogP contribution < -0.4 is 19.7 Å². The molecule has 1 fully saturated rings. The lowest BCUT2D eigenvalue weighted by molar-refractivity contribution is -0.125. The van der Waals surface area contributed by atoms with E-state index in [2.05, 4.69) is 31.1 Å². The third kappa shape index (κ3) is 4.23. The summed E-state index contributed by atoms with van der Waals surface area (Å²) in [6, 6.07) is 11.6. The van der Waals surface area contributed by atoms with Crippen LogP contribution in [0.3, 0.4) is 0 Å². The molecule has 0 aliphatic carbocycles. The molecule has 0 saturated carbocycles. The predicted octanol–water partition coefficient (Wildman–Crippen LogP) is 3.88. The van der Waals surface area contributed by atoms with Gasteiger partial charge >= 0.3 is 0 Å². The number of fused-ring (bicyclic) bond motifs is 1. The van der Waals surface area contributed by atoms with E-state index in [-0.39, 0.29) is 11.8 Å². The quantitative estimate of drug-likeness (QED) is 0.568. The molecule has 2 heterocycles. The van der Waals surface area contributed by atoms with Gasteiger partial charge in [0.1, 0.15) is 0 Å². The molecule has 2 N–H and O–H groups in total. The Morgan fingerprint density at radius 1 is 1.30 bits per heavy atom. The summed E-state index contributed by atoms with van der Waals surface area (Å²) in [5.74, 6) is 2.08. The van der Waals surface area contributed by atoms with E-state index in [4.69, 9.17) is 14.5 Å². The van der Waals surface area contributed by atoms with Gasteiger partial charge in [0.05, 0.1) is 31.2 Å². The number of nitrogens with zero attached hydrogens (tertiary/aromatic N) is 2. The zero-order chi connectivity index (χ0) is 21.1. The van der Waals surface area contributed by atoms with Crippen molar-refractivity contribution in [2.24, 2.45) is 5.92 Å². The number of rotatable bonds is 6. The van der Waals surface area contributed by atoms with Crippen molar-refractivity contribution < 1.29 is 14.3 Å². The largest absolute Gasteiger partial charge is 0.493 e. The Hall–Kier alpha value is -2.74. The number of piperidine rings is 1. The van der Waals surface area contributed by atoms with E-state index in [9.17, 15) is 4.79 Å². The van der Waals surface area contributed by atoms with Crippen LogP contribution in [0.25, 0.3) is 11.0 Å². The molecular formula is C22H25BrN4O3. The molecule has 1 aliphatic rings. The number of H-pyrrole nitrogens is 1. The van der Waals surface area contributed by atoms with Crippen LogP contribution in [-0.4, -0.2) is 43.2 Å². The van der Waals surface area contributed by atoms with Crippen LogP contribution in [0.1, 0.15) is 18.4 Å². The molecule has 4 rings (SSSR count). The Morgan fingerprint density at radius 3 is 2.97 bits per heavy atom. The highest BCUT2D eigenvalue weighted by atomic mass is 79.9. The van der Waals surface area contributed by atoms with Gasteiger partial charge in [0, 0.05) is 29.7 Å². The van der Waals surface area contributed by atoms with Crippen molar-refractivity contribution in [1.82, 2.24) is 15.3 Å². The van der Waals surface area contributed by atoms with E-state index in [1.807, 2.05) is 36.4 Å². The molecule has 1 amide bonds. The van der Waals surface area contributed by atoms with Crippen LogP contribution in [0.2, 0.25) is 0 Å². The molecule has 0 spiro atoms. The molecule has 8 heteroatoms. The summed E-state index contributed by atoms with van der Waals surface area (Å²) in [6.45, 7) is 1.92. The number of carbonyl (C=O) groups excluding carboxylic acids is 1. The number of aromatic amines is 1. The number of benzene rings is 2. The van der Waals surface area contributed by atoms with Gasteiger partial charge in [0.15, 0.2) is 11.5 Å². The SMILES string of the molecule is COc1cccc(CNC(=O)C2CCCN(c3nc4ccc(Br)cc4[nH]3)C2)c1OC. The van der Waals surface area contributed by atoms with Gasteiger partial charge in [-0.15, -0.1) is 0 Å². The fraction of sp³-hybridized carbons (Fsp3) is 0.364. The van der Waals surface area contributed by atoms with Gasteiger partial charge in [-0.2, -0.15) is 0 Å². The first-order valence-electron chi connectivity index (χ1n) is 9.97. The van der Waals surface area contributed by atoms with Gasteiger partial charge in [-0.3, -0.25) is 4.79 Å². The lowest BCUT2D eigenvalue weighted by Crippen LogP contribution is -2.43. The van der Waals surface area contributed by atoms with E-state index in [0.29, 0.717) is 24.6 Å². The summed E-state index contributed by atoms with van der Waals surface area (Å²) < 4.78 is 11.8. The highest BCUT2D eigenvalue weighted by Crippen LogP contribution is 2.31. The molecule has 1 atom stereocenters. The summed E-state index contributed by atoms with van der Waals surface area (Å²) >= 11 is 3.49. The number of nitrogens with one attached hydrogen (secondary N) is 2. The van der Waals surface area contributed by atoms with Gasteiger partial charge in [-0.25, -0.2) is 4.98 Å². The number of para-hydroxylation sites is 1. The normalized spacial score (nSPS) is 16.5. The minimum atomic E-state index is -0.0877. The van der Waals surface area contributed by atoms with Crippen LogP contribution in [0.5, 0.6) is 11.5 Å². The maximum absolute atomic E-state index is 12.9. The number of aromatic nitrogens is 2. The first-order valence-corrected chi connectivity index (χ1v) is 10.8. The molecule has 1 saturated heterocycles. The molecule has 158 valence electrons. The maximum Gasteiger partial charge on any atom is 0.225 e. The average Bonchev–Trinajstić information content (AvgIpc) is 3.20. The molecule has 2 aromatic carbocycles. The molecular weight excluding hydrogens is 448 g/mol. The summed E-state index contributed by atoms with van der Waals surface area (Å²) in [4.78, 5) is 23.1. The average molecular weight is 473 g/mol. The number of amides is 1. The molecule has 1 aliphatic heterocycles. The lowest BCUT2D eigenvalue weighted by atomic mass is 9.97. The highest BCUT2D eigenvalue weighted by molar-refractivity contribution is 9.10. The summed E-state index contributed by atoms with van der Waals surface area (Å²) in [5.41, 5.74) is 2.79. The smallest absolute Gasteiger partial charge is 0.225 e. The second kappa shape index (κ2) is 8.95. The predicted molar refractivity (Wildman–Crippen MR) is 120 cm³/mol. The van der Waals surface area contributed by atoms with Crippen molar-refractivity contribution in [1.29, 1.82) is 0 Å². The number of imidazole rings is 1. The van der Waals surface area contributed by atoms with E-state index in [1.165, 1.54) is 0 Å². The van der Waals surface area contributed by atoms with E-state index in [1.54, 1.807) is 14.2 Å². The monoisotopic (exact) mass is 472 g/mol. The second-order valence-electron chi connectivity index (χ2n) is 7.38. The van der Waals surface area contributed by atoms with Gasteiger partial charge in [-0.05, 0) is 37.1 Å². The van der Waals surface area contributed by atoms with Crippen molar-refractivity contribution >= 4 is 38.8 Å². The Balaban J connectivity index is 1.42. The van der Waals surface area contributed by atoms with Crippen molar-refractivity contribution in [2.75, 3.05) is 32.2 Å². The molecule has 0 radical (unpaired) electrons. The molecule has 1 aromatic heterocycles. The van der Waals surface area contributed by atoms with Gasteiger partial charge in [0.2, 0.25) is 11.9 Å². The molecule has 1 unspecified atom stereocenters. The van der Waals surface area contributed by atoms with Crippen LogP contribution in [0.4, 0.5) is 5.95 Å². The van der Waals surface area contributed by atoms with Crippen LogP contribution in [0.15, 0.2) is 40.9 Å². The standard InChI is InChI=1S/C22H25BrN4O3/c1-29-19-7-3-5-14(20(19)30-2)12-24-21(28)15-6-4-10-27(13-15)22-25-17-9-8-16(23)11-18(17)26-22/h3,5,7-9,11,15H,4,6,10,12-13H2,1-2H3,(H,24,28)(H,25,26). The Labute approximate surface area is 183 Å². The van der Waals surface area contributed by atoms with E-state index in [0.717, 1.165) is 46.4 Å². The maximum atomic E-state index is 12.9. The van der Waals surface area contributed by atoms with Crippen molar-refractivity contribution in [3.8, 4) is 11.5 Å². The van der Waals surface area contributed by atoms with E-state index >= 15 is 0 Å². The minimum absolute atomic E-state index is 0.0448. The highest BCUT2D eigenvalue weighted by Gasteiger charge is 2.27. The van der Waals surface area contributed by atoms with Gasteiger partial charge < -0.3 is 24.7 Å². The Bertz CT molecular complexity index is 1050. The van der Waals surface area contributed by atoms with Gasteiger partial charge in [0.25, 0.3) is 0 Å². The number of hydrogen-bond donors (Lipinski definition) is 2. The van der Waals surface area contributed by atoms with Crippen molar-refractivity contribution in [3.63, 3.8) is 0 Å². The van der Waals surface area contributed by atoms with Crippen molar-refractivity contribution in [2.45, 2.75) is 19.4 Å². The first kappa shape index (κ1) is 20.5. The molecule has 7 nitrogen and oxygen atoms in total. The topological polar surface area (TPSA) is 79.5 Å². The van der Waals surface area contributed by atoms with Gasteiger partial charge in [-0.1, -0.05) is 28.1 Å². The first-order chi connectivity index (χ1) is 14.6. The molecule has 30 heavy (non-hydrogen) atoms. The zero-order valence-corrected chi connectivity index (χ0v) is 18.7. The number of anilines is 1. The number of ether oxygens (including phenoxy) is 2. The summed E-state index contributed by atoms with van der Waals surface area (Å²) in [7, 11) is 3.21. The second-order valence-corrected chi connectivity index (χ2v) is 8.29. The molecule has 3 aromatic rings. The summed E-state index contributed by atoms with van der Waals surface area (Å²) in [5, 5.41) is 3.06. The van der Waals surface area contributed by atoms with Crippen LogP contribution in [0, 0.1) is 5.92 Å². The zero-order valence-electron chi connectivity index (χ0n) is 17.1. The number of carbonyl (C=O) groups is 1. The number of methoxy groups -OCH3 is 2. The Morgan fingerprint density at radius 2 is 2.17 bits per heavy atom. The number of hydrogen-bond acceptors (Lipinski definition) is 5. The fourth-order valence-electron chi connectivity index (χ4n) is 3.92. The van der Waals surface area contributed by atoms with Crippen LogP contribution >= 0.6 is 15.9 Å². The Kier molecular flexibility index (Phi) is 6.13. The van der Waals surface area contributed by atoms with E-state index < -0.39 is 0 Å². The molecule has 0 bridgehead atoms. The fourth-order valence-corrected chi connectivity index (χ4v) is 4.28. The minimum Gasteiger partial charge on any atom is -0.493 e. The third-order valence-corrected chi connectivity index (χ3v) is 5.95. The lowest BCUT2D eigenvalue weighted by Gasteiger charge is -2.31. The summed E-state index contributed by atoms with van der Waals surface area (Å²) in [6.07, 6.45) is 1.81. The van der Waals surface area contributed by atoms with Crippen molar-refractivity contribution in [3.05, 3.63) is 46.4 Å². The van der Waals surface area contributed by atoms with Crippen LogP contribution in [-0.2, 0) is 11.3 Å². The number of halogens is 1.